The van der Waals surface area contributed by atoms with E-state index in [9.17, 15) is 28.2 Å². The summed E-state index contributed by atoms with van der Waals surface area (Å²) in [5.74, 6) is -3.74. The molecular weight excluding hydrogens is 354 g/mol. The average molecular weight is 367 g/mol. The molecule has 132 valence electrons. The van der Waals surface area contributed by atoms with E-state index >= 15 is 0 Å². The fourth-order valence-corrected chi connectivity index (χ4v) is 2.68. The molecule has 0 fully saturated rings. The zero-order chi connectivity index (χ0) is 18.8. The predicted molar refractivity (Wildman–Crippen MR) is 85.3 cm³/mol. The number of para-hydroxylation sites is 1. The van der Waals surface area contributed by atoms with Gasteiger partial charge in [0.15, 0.2) is 0 Å². The first-order valence-electron chi connectivity index (χ1n) is 6.74. The molecule has 9 nitrogen and oxygen atoms in total. The zero-order valence-corrected chi connectivity index (χ0v) is 13.3. The molecule has 0 atom stereocenters. The Balaban J connectivity index is 2.37. The summed E-state index contributed by atoms with van der Waals surface area (Å²) < 4.78 is 31.0. The topological polar surface area (TPSA) is 161 Å². The van der Waals surface area contributed by atoms with E-state index in [1.165, 1.54) is 12.1 Å². The van der Waals surface area contributed by atoms with Crippen LogP contribution in [0.3, 0.4) is 0 Å². The van der Waals surface area contributed by atoms with Crippen LogP contribution in [0.25, 0.3) is 0 Å². The van der Waals surface area contributed by atoms with Gasteiger partial charge in [0.05, 0.1) is 12.0 Å². The van der Waals surface area contributed by atoms with Crippen molar-refractivity contribution in [3.8, 4) is 11.5 Å². The number of benzene rings is 2. The minimum absolute atomic E-state index is 0.174. The number of nitrogens with one attached hydrogen (secondary N) is 1. The lowest BCUT2D eigenvalue weighted by atomic mass is 10.1. The normalized spacial score (nSPS) is 11.1. The summed E-state index contributed by atoms with van der Waals surface area (Å²) in [5, 5.41) is 30.7. The molecule has 0 aliphatic rings. The highest BCUT2D eigenvalue weighted by molar-refractivity contribution is 7.86. The van der Waals surface area contributed by atoms with Crippen LogP contribution in [0, 0.1) is 0 Å². The number of carboxylic acid groups (broad SMARTS) is 1. The minimum Gasteiger partial charge on any atom is -0.507 e. The Bertz CT molecular complexity index is 952. The molecule has 0 bridgehead atoms. The molecule has 0 aliphatic carbocycles. The van der Waals surface area contributed by atoms with Gasteiger partial charge in [0.1, 0.15) is 16.4 Å². The van der Waals surface area contributed by atoms with Crippen molar-refractivity contribution in [2.45, 2.75) is 11.3 Å². The lowest BCUT2D eigenvalue weighted by Gasteiger charge is -2.12. The molecule has 1 amide bonds. The third-order valence-electron chi connectivity index (χ3n) is 3.21. The molecule has 0 saturated carbocycles. The van der Waals surface area contributed by atoms with Crippen LogP contribution in [-0.2, 0) is 21.3 Å². The summed E-state index contributed by atoms with van der Waals surface area (Å²) in [4.78, 5) is 22.1. The number of aromatic hydroxyl groups is 2. The number of phenolic OH excluding ortho intramolecular Hbond substituents is 2. The summed E-state index contributed by atoms with van der Waals surface area (Å²) in [7, 11) is -4.78. The molecule has 0 unspecified atom stereocenters. The number of aliphatic carboxylic acids is 1. The third-order valence-corrected chi connectivity index (χ3v) is 4.09. The standard InChI is InChI=1S/C15H13NO8S/c17-11-7-13(25(22,23)24)12(18)6-9(11)15(21)16-10-4-2-1-3-8(10)5-14(19)20/h1-4,6-7,17-18H,5H2,(H,16,21)(H,19,20)(H,22,23,24). The largest absolute Gasteiger partial charge is 0.507 e. The number of amides is 1. The summed E-state index contributed by atoms with van der Waals surface area (Å²) in [6, 6.07) is 7.27. The first-order chi connectivity index (χ1) is 11.6. The number of hydrogen-bond acceptors (Lipinski definition) is 6. The van der Waals surface area contributed by atoms with Gasteiger partial charge < -0.3 is 20.6 Å². The number of phenols is 2. The Morgan fingerprint density at radius 1 is 1.04 bits per heavy atom. The average Bonchev–Trinajstić information content (AvgIpc) is 2.49. The predicted octanol–water partition coefficient (Wildman–Crippen LogP) is 1.22. The monoisotopic (exact) mass is 367 g/mol. The van der Waals surface area contributed by atoms with Crippen molar-refractivity contribution in [3.05, 3.63) is 47.5 Å². The Morgan fingerprint density at radius 3 is 2.28 bits per heavy atom. The molecule has 0 heterocycles. The maximum atomic E-state index is 12.2. The maximum absolute atomic E-state index is 12.2. The van der Waals surface area contributed by atoms with E-state index in [4.69, 9.17) is 9.66 Å². The van der Waals surface area contributed by atoms with Crippen LogP contribution < -0.4 is 5.32 Å². The van der Waals surface area contributed by atoms with Crippen molar-refractivity contribution in [1.82, 2.24) is 0 Å². The van der Waals surface area contributed by atoms with Gasteiger partial charge in [-0.2, -0.15) is 8.42 Å². The molecule has 2 aromatic carbocycles. The van der Waals surface area contributed by atoms with Crippen molar-refractivity contribution in [2.75, 3.05) is 5.32 Å². The highest BCUT2D eigenvalue weighted by atomic mass is 32.2. The molecule has 0 radical (unpaired) electrons. The van der Waals surface area contributed by atoms with Crippen LogP contribution >= 0.6 is 0 Å². The van der Waals surface area contributed by atoms with Crippen LogP contribution in [0.5, 0.6) is 11.5 Å². The highest BCUT2D eigenvalue weighted by Crippen LogP contribution is 2.31. The number of rotatable bonds is 5. The Hall–Kier alpha value is -3.11. The third kappa shape index (κ3) is 4.25. The second kappa shape index (κ2) is 6.79. The van der Waals surface area contributed by atoms with Gasteiger partial charge in [-0.15, -0.1) is 0 Å². The summed E-state index contributed by atoms with van der Waals surface area (Å²) >= 11 is 0. The lowest BCUT2D eigenvalue weighted by Crippen LogP contribution is -2.15. The number of carbonyl (C=O) groups is 2. The summed E-state index contributed by atoms with van der Waals surface area (Å²) in [6.07, 6.45) is -0.352. The fraction of sp³-hybridized carbons (Fsp3) is 0.0667. The van der Waals surface area contributed by atoms with Crippen LogP contribution in [-0.4, -0.2) is 40.2 Å². The lowest BCUT2D eigenvalue weighted by molar-refractivity contribution is -0.136. The quantitative estimate of drug-likeness (QED) is 0.389. The van der Waals surface area contributed by atoms with Crippen LogP contribution in [0.1, 0.15) is 15.9 Å². The second-order valence-corrected chi connectivity index (χ2v) is 6.38. The van der Waals surface area contributed by atoms with E-state index < -0.39 is 44.0 Å². The number of carbonyl (C=O) groups excluding carboxylic acids is 1. The Labute approximate surface area is 141 Å². The van der Waals surface area contributed by atoms with E-state index in [2.05, 4.69) is 5.32 Å². The minimum atomic E-state index is -4.78. The SMILES string of the molecule is O=C(O)Cc1ccccc1NC(=O)c1cc(O)c(S(=O)(=O)O)cc1O. The summed E-state index contributed by atoms with van der Waals surface area (Å²) in [5.41, 5.74) is 0.0179. The number of hydrogen-bond donors (Lipinski definition) is 5. The molecule has 0 spiro atoms. The van der Waals surface area contributed by atoms with Crippen molar-refractivity contribution < 1.29 is 37.9 Å². The van der Waals surface area contributed by atoms with Crippen LogP contribution in [0.4, 0.5) is 5.69 Å². The van der Waals surface area contributed by atoms with Gasteiger partial charge in [0, 0.05) is 11.8 Å². The molecule has 0 aromatic heterocycles. The molecule has 2 aromatic rings. The molecule has 2 rings (SSSR count). The van der Waals surface area contributed by atoms with Crippen molar-refractivity contribution in [1.29, 1.82) is 0 Å². The van der Waals surface area contributed by atoms with E-state index in [1.807, 2.05) is 0 Å². The highest BCUT2D eigenvalue weighted by Gasteiger charge is 2.22. The van der Waals surface area contributed by atoms with Gasteiger partial charge in [0.25, 0.3) is 16.0 Å². The van der Waals surface area contributed by atoms with E-state index in [1.54, 1.807) is 12.1 Å². The maximum Gasteiger partial charge on any atom is 0.307 e. The van der Waals surface area contributed by atoms with Crippen molar-refractivity contribution >= 4 is 27.7 Å². The summed E-state index contributed by atoms with van der Waals surface area (Å²) in [6.45, 7) is 0. The van der Waals surface area contributed by atoms with E-state index in [-0.39, 0.29) is 12.1 Å². The van der Waals surface area contributed by atoms with E-state index in [0.29, 0.717) is 17.7 Å². The molecule has 10 heteroatoms. The fourth-order valence-electron chi connectivity index (χ4n) is 2.10. The van der Waals surface area contributed by atoms with E-state index in [0.717, 1.165) is 0 Å². The number of anilines is 1. The van der Waals surface area contributed by atoms with Crippen LogP contribution in [0.2, 0.25) is 0 Å². The van der Waals surface area contributed by atoms with Gasteiger partial charge in [-0.3, -0.25) is 14.1 Å². The number of carboxylic acids is 1. The molecule has 0 saturated heterocycles. The van der Waals surface area contributed by atoms with Gasteiger partial charge in [0.2, 0.25) is 0 Å². The second-order valence-electron chi connectivity index (χ2n) is 4.99. The first-order valence-corrected chi connectivity index (χ1v) is 8.18. The molecular formula is C15H13NO8S. The Kier molecular flexibility index (Phi) is 4.95. The first kappa shape index (κ1) is 18.2. The molecule has 0 aliphatic heterocycles. The van der Waals surface area contributed by atoms with Gasteiger partial charge >= 0.3 is 5.97 Å². The van der Waals surface area contributed by atoms with Crippen molar-refractivity contribution in [3.63, 3.8) is 0 Å². The van der Waals surface area contributed by atoms with Crippen LogP contribution in [0.15, 0.2) is 41.3 Å². The molecule has 5 N–H and O–H groups in total. The molecule has 25 heavy (non-hydrogen) atoms. The van der Waals surface area contributed by atoms with Gasteiger partial charge in [-0.1, -0.05) is 18.2 Å². The smallest absolute Gasteiger partial charge is 0.307 e. The Morgan fingerprint density at radius 2 is 1.68 bits per heavy atom. The van der Waals surface area contributed by atoms with Gasteiger partial charge in [-0.25, -0.2) is 0 Å². The van der Waals surface area contributed by atoms with Gasteiger partial charge in [-0.05, 0) is 17.7 Å². The van der Waals surface area contributed by atoms with Crippen molar-refractivity contribution in [2.24, 2.45) is 0 Å². The zero-order valence-electron chi connectivity index (χ0n) is 12.5.